The monoisotopic (exact) mass is 202 g/mol. The van der Waals surface area contributed by atoms with Crippen LogP contribution in [-0.2, 0) is 0 Å². The summed E-state index contributed by atoms with van der Waals surface area (Å²) in [6.07, 6.45) is 8.86. The summed E-state index contributed by atoms with van der Waals surface area (Å²) in [6, 6.07) is 0. The van der Waals surface area contributed by atoms with Crippen molar-refractivity contribution in [2.45, 2.75) is 13.8 Å². The molecular weight excluding hydrogens is 188 g/mol. The standard InChI is InChI=1S/C11H14N4/c1-4-6-7-10(5-2)15-11-13-8-12-9(3)14-11/h4-8H,1H2,2-3H3,(H,12,13,14,15)/b7-6-,10-5+. The molecule has 1 N–H and O–H groups in total. The van der Waals surface area contributed by atoms with E-state index in [0.717, 1.165) is 5.70 Å². The van der Waals surface area contributed by atoms with Crippen LogP contribution in [0.5, 0.6) is 0 Å². The maximum atomic E-state index is 4.14. The van der Waals surface area contributed by atoms with Gasteiger partial charge in [-0.25, -0.2) is 9.97 Å². The highest BCUT2D eigenvalue weighted by Gasteiger charge is 1.96. The number of hydrogen-bond donors (Lipinski definition) is 1. The molecule has 1 aromatic heterocycles. The Morgan fingerprint density at radius 1 is 1.47 bits per heavy atom. The van der Waals surface area contributed by atoms with Crippen LogP contribution in [-0.4, -0.2) is 15.0 Å². The molecule has 0 spiro atoms. The minimum absolute atomic E-state index is 0.546. The van der Waals surface area contributed by atoms with E-state index in [9.17, 15) is 0 Å². The summed E-state index contributed by atoms with van der Waals surface area (Å²) < 4.78 is 0. The van der Waals surface area contributed by atoms with Crippen LogP contribution in [0.1, 0.15) is 12.7 Å². The molecular formula is C11H14N4. The molecule has 0 saturated heterocycles. The summed E-state index contributed by atoms with van der Waals surface area (Å²) in [5.41, 5.74) is 0.917. The van der Waals surface area contributed by atoms with E-state index in [1.165, 1.54) is 6.33 Å². The van der Waals surface area contributed by atoms with Gasteiger partial charge in [0.05, 0.1) is 0 Å². The molecule has 1 heterocycles. The van der Waals surface area contributed by atoms with E-state index < -0.39 is 0 Å². The van der Waals surface area contributed by atoms with Gasteiger partial charge in [-0.15, -0.1) is 0 Å². The first-order chi connectivity index (χ1) is 7.26. The maximum absolute atomic E-state index is 4.14. The number of aromatic nitrogens is 3. The third kappa shape index (κ3) is 3.72. The minimum Gasteiger partial charge on any atom is -0.324 e. The van der Waals surface area contributed by atoms with Gasteiger partial charge in [-0.05, 0) is 19.9 Å². The molecule has 4 heteroatoms. The van der Waals surface area contributed by atoms with Gasteiger partial charge in [0.15, 0.2) is 0 Å². The van der Waals surface area contributed by atoms with Gasteiger partial charge in [-0.1, -0.05) is 24.8 Å². The molecule has 0 aliphatic heterocycles. The second kappa shape index (κ2) is 5.70. The van der Waals surface area contributed by atoms with Crippen molar-refractivity contribution in [3.05, 3.63) is 48.7 Å². The molecule has 0 radical (unpaired) electrons. The lowest BCUT2D eigenvalue weighted by atomic mass is 10.3. The molecule has 0 unspecified atom stereocenters. The average Bonchev–Trinajstić information content (AvgIpc) is 2.24. The Hall–Kier alpha value is -1.97. The van der Waals surface area contributed by atoms with Crippen LogP contribution in [0.2, 0.25) is 0 Å². The van der Waals surface area contributed by atoms with E-state index in [4.69, 9.17) is 0 Å². The van der Waals surface area contributed by atoms with Crippen LogP contribution in [0.25, 0.3) is 0 Å². The van der Waals surface area contributed by atoms with E-state index in [0.29, 0.717) is 11.8 Å². The van der Waals surface area contributed by atoms with Gasteiger partial charge in [0.2, 0.25) is 5.95 Å². The Morgan fingerprint density at radius 2 is 2.27 bits per heavy atom. The average molecular weight is 202 g/mol. The summed E-state index contributed by atoms with van der Waals surface area (Å²) in [4.78, 5) is 12.1. The van der Waals surface area contributed by atoms with Crippen molar-refractivity contribution in [1.82, 2.24) is 15.0 Å². The highest BCUT2D eigenvalue weighted by atomic mass is 15.1. The van der Waals surface area contributed by atoms with Crippen molar-refractivity contribution >= 4 is 5.95 Å². The first-order valence-electron chi connectivity index (χ1n) is 4.64. The number of nitrogens with zero attached hydrogens (tertiary/aromatic N) is 3. The minimum atomic E-state index is 0.546. The summed E-state index contributed by atoms with van der Waals surface area (Å²) >= 11 is 0. The summed E-state index contributed by atoms with van der Waals surface area (Å²) in [5, 5.41) is 3.07. The molecule has 0 aromatic carbocycles. The Kier molecular flexibility index (Phi) is 4.22. The lowest BCUT2D eigenvalue weighted by Crippen LogP contribution is -2.03. The molecule has 0 amide bonds. The highest BCUT2D eigenvalue weighted by molar-refractivity contribution is 5.39. The Balaban J connectivity index is 2.76. The molecule has 0 bridgehead atoms. The molecule has 0 saturated carbocycles. The number of aryl methyl sites for hydroxylation is 1. The van der Waals surface area contributed by atoms with Crippen LogP contribution >= 0.6 is 0 Å². The second-order valence-electron chi connectivity index (χ2n) is 2.82. The van der Waals surface area contributed by atoms with Crippen molar-refractivity contribution in [2.24, 2.45) is 0 Å². The molecule has 78 valence electrons. The fourth-order valence-electron chi connectivity index (χ4n) is 0.949. The summed E-state index contributed by atoms with van der Waals surface area (Å²) in [7, 11) is 0. The molecule has 0 fully saturated rings. The summed E-state index contributed by atoms with van der Waals surface area (Å²) in [5.74, 6) is 1.24. The number of rotatable bonds is 4. The Bertz CT molecular complexity index is 393. The lowest BCUT2D eigenvalue weighted by molar-refractivity contribution is 0.977. The van der Waals surface area contributed by atoms with Crippen molar-refractivity contribution < 1.29 is 0 Å². The first kappa shape index (κ1) is 11.1. The number of anilines is 1. The van der Waals surface area contributed by atoms with Gasteiger partial charge >= 0.3 is 0 Å². The van der Waals surface area contributed by atoms with Crippen molar-refractivity contribution in [3.8, 4) is 0 Å². The van der Waals surface area contributed by atoms with Crippen molar-refractivity contribution in [3.63, 3.8) is 0 Å². The highest BCUT2D eigenvalue weighted by Crippen LogP contribution is 2.03. The SMILES string of the molecule is C=C/C=C\C(=C/C)Nc1ncnc(C)n1. The van der Waals surface area contributed by atoms with E-state index in [-0.39, 0.29) is 0 Å². The molecule has 1 aromatic rings. The van der Waals surface area contributed by atoms with E-state index in [2.05, 4.69) is 26.8 Å². The van der Waals surface area contributed by atoms with Gasteiger partial charge in [0.1, 0.15) is 12.2 Å². The number of hydrogen-bond acceptors (Lipinski definition) is 4. The Morgan fingerprint density at radius 3 is 2.87 bits per heavy atom. The largest absolute Gasteiger partial charge is 0.324 e. The van der Waals surface area contributed by atoms with Crippen molar-refractivity contribution in [1.29, 1.82) is 0 Å². The lowest BCUT2D eigenvalue weighted by Gasteiger charge is -2.04. The normalized spacial score (nSPS) is 11.7. The quantitative estimate of drug-likeness (QED) is 0.761. The molecule has 1 rings (SSSR count). The predicted molar refractivity (Wildman–Crippen MR) is 61.3 cm³/mol. The third-order valence-electron chi connectivity index (χ3n) is 1.67. The molecule has 0 atom stereocenters. The predicted octanol–water partition coefficient (Wildman–Crippen LogP) is 2.24. The van der Waals surface area contributed by atoms with Crippen LogP contribution in [0.15, 0.2) is 42.9 Å². The Labute approximate surface area is 89.5 Å². The zero-order chi connectivity index (χ0) is 11.1. The molecule has 4 nitrogen and oxygen atoms in total. The fourth-order valence-corrected chi connectivity index (χ4v) is 0.949. The van der Waals surface area contributed by atoms with Crippen LogP contribution in [0.3, 0.4) is 0 Å². The van der Waals surface area contributed by atoms with Gasteiger partial charge < -0.3 is 5.32 Å². The molecule has 0 aliphatic carbocycles. The zero-order valence-electron chi connectivity index (χ0n) is 8.94. The smallest absolute Gasteiger partial charge is 0.230 e. The molecule has 0 aliphatic rings. The third-order valence-corrected chi connectivity index (χ3v) is 1.67. The van der Waals surface area contributed by atoms with Gasteiger partial charge in [0, 0.05) is 5.70 Å². The van der Waals surface area contributed by atoms with Crippen LogP contribution < -0.4 is 5.32 Å². The topological polar surface area (TPSA) is 50.7 Å². The molecule has 15 heavy (non-hydrogen) atoms. The summed E-state index contributed by atoms with van der Waals surface area (Å²) in [6.45, 7) is 7.36. The maximum Gasteiger partial charge on any atom is 0.230 e. The fraction of sp³-hybridized carbons (Fsp3) is 0.182. The van der Waals surface area contributed by atoms with Crippen LogP contribution in [0.4, 0.5) is 5.95 Å². The van der Waals surface area contributed by atoms with Gasteiger partial charge in [-0.2, -0.15) is 4.98 Å². The van der Waals surface area contributed by atoms with E-state index >= 15 is 0 Å². The zero-order valence-corrected chi connectivity index (χ0v) is 8.94. The van der Waals surface area contributed by atoms with Crippen molar-refractivity contribution in [2.75, 3.05) is 5.32 Å². The van der Waals surface area contributed by atoms with E-state index in [1.807, 2.05) is 32.1 Å². The second-order valence-corrected chi connectivity index (χ2v) is 2.82. The van der Waals surface area contributed by atoms with Gasteiger partial charge in [-0.3, -0.25) is 0 Å². The van der Waals surface area contributed by atoms with Gasteiger partial charge in [0.25, 0.3) is 0 Å². The number of nitrogens with one attached hydrogen (secondary N) is 1. The van der Waals surface area contributed by atoms with E-state index in [1.54, 1.807) is 6.08 Å². The number of allylic oxidation sites excluding steroid dienone is 4. The van der Waals surface area contributed by atoms with Crippen LogP contribution in [0, 0.1) is 6.92 Å². The first-order valence-corrected chi connectivity index (χ1v) is 4.64.